The first-order chi connectivity index (χ1) is 6.70. The van der Waals surface area contributed by atoms with E-state index in [4.69, 9.17) is 4.74 Å². The summed E-state index contributed by atoms with van der Waals surface area (Å²) in [6.07, 6.45) is 4.15. The normalized spacial score (nSPS) is 9.50. The third kappa shape index (κ3) is 3.39. The molecular weight excluding hydrogens is 178 g/mol. The number of carbonyl (C=O) groups is 1. The number of rotatable bonds is 4. The quantitative estimate of drug-likeness (QED) is 0.537. The summed E-state index contributed by atoms with van der Waals surface area (Å²) >= 11 is 0. The SMILES string of the molecule is C=C(C)C(=O)OCCc1ccncc1. The maximum atomic E-state index is 11.0. The minimum Gasteiger partial charge on any atom is -0.462 e. The summed E-state index contributed by atoms with van der Waals surface area (Å²) < 4.78 is 4.95. The summed E-state index contributed by atoms with van der Waals surface area (Å²) in [4.78, 5) is 14.9. The largest absolute Gasteiger partial charge is 0.462 e. The highest BCUT2D eigenvalue weighted by molar-refractivity contribution is 5.86. The molecule has 1 rings (SSSR count). The summed E-state index contributed by atoms with van der Waals surface area (Å²) in [6, 6.07) is 3.79. The van der Waals surface area contributed by atoms with Crippen LogP contribution in [-0.4, -0.2) is 17.6 Å². The van der Waals surface area contributed by atoms with Gasteiger partial charge in [-0.3, -0.25) is 4.98 Å². The molecule has 0 unspecified atom stereocenters. The Kier molecular flexibility index (Phi) is 3.85. The van der Waals surface area contributed by atoms with E-state index in [1.54, 1.807) is 19.3 Å². The average molecular weight is 191 g/mol. The van der Waals surface area contributed by atoms with Crippen LogP contribution in [0.15, 0.2) is 36.7 Å². The van der Waals surface area contributed by atoms with Gasteiger partial charge in [0, 0.05) is 24.4 Å². The highest BCUT2D eigenvalue weighted by Crippen LogP contribution is 1.99. The Morgan fingerprint density at radius 2 is 2.14 bits per heavy atom. The molecule has 0 atom stereocenters. The van der Waals surface area contributed by atoms with Crippen molar-refractivity contribution in [1.29, 1.82) is 0 Å². The molecule has 0 radical (unpaired) electrons. The molecular formula is C11H13NO2. The first-order valence-corrected chi connectivity index (χ1v) is 4.41. The van der Waals surface area contributed by atoms with Gasteiger partial charge < -0.3 is 4.74 Å². The van der Waals surface area contributed by atoms with Crippen LogP contribution < -0.4 is 0 Å². The Balaban J connectivity index is 2.29. The van der Waals surface area contributed by atoms with E-state index in [2.05, 4.69) is 11.6 Å². The number of carbonyl (C=O) groups excluding carboxylic acids is 1. The molecule has 0 saturated carbocycles. The Morgan fingerprint density at radius 1 is 1.50 bits per heavy atom. The third-order valence-electron chi connectivity index (χ3n) is 1.72. The zero-order valence-corrected chi connectivity index (χ0v) is 8.19. The van der Waals surface area contributed by atoms with Gasteiger partial charge in [-0.05, 0) is 24.6 Å². The van der Waals surface area contributed by atoms with E-state index < -0.39 is 0 Å². The van der Waals surface area contributed by atoms with Crippen molar-refractivity contribution in [3.05, 3.63) is 42.2 Å². The zero-order valence-electron chi connectivity index (χ0n) is 8.19. The van der Waals surface area contributed by atoms with Gasteiger partial charge in [-0.25, -0.2) is 4.79 Å². The lowest BCUT2D eigenvalue weighted by Crippen LogP contribution is -2.07. The van der Waals surface area contributed by atoms with Gasteiger partial charge in [-0.2, -0.15) is 0 Å². The second-order valence-corrected chi connectivity index (χ2v) is 3.02. The number of hydrogen-bond donors (Lipinski definition) is 0. The van der Waals surface area contributed by atoms with Crippen molar-refractivity contribution in [1.82, 2.24) is 4.98 Å². The fraction of sp³-hybridized carbons (Fsp3) is 0.273. The molecule has 0 aliphatic heterocycles. The first kappa shape index (κ1) is 10.4. The van der Waals surface area contributed by atoms with Crippen LogP contribution >= 0.6 is 0 Å². The number of aromatic nitrogens is 1. The van der Waals surface area contributed by atoms with Gasteiger partial charge in [0.2, 0.25) is 0 Å². The van der Waals surface area contributed by atoms with Gasteiger partial charge in [-0.15, -0.1) is 0 Å². The van der Waals surface area contributed by atoms with E-state index in [1.807, 2.05) is 12.1 Å². The average Bonchev–Trinajstić information content (AvgIpc) is 2.19. The maximum Gasteiger partial charge on any atom is 0.333 e. The standard InChI is InChI=1S/C11H13NO2/c1-9(2)11(13)14-8-5-10-3-6-12-7-4-10/h3-4,6-7H,1,5,8H2,2H3. The van der Waals surface area contributed by atoms with E-state index in [-0.39, 0.29) is 5.97 Å². The van der Waals surface area contributed by atoms with Gasteiger partial charge in [0.25, 0.3) is 0 Å². The summed E-state index contributed by atoms with van der Waals surface area (Å²) in [7, 11) is 0. The van der Waals surface area contributed by atoms with Crippen molar-refractivity contribution < 1.29 is 9.53 Å². The molecule has 0 N–H and O–H groups in total. The molecule has 3 nitrogen and oxygen atoms in total. The Labute approximate surface area is 83.4 Å². The molecule has 1 heterocycles. The first-order valence-electron chi connectivity index (χ1n) is 4.41. The van der Waals surface area contributed by atoms with Crippen LogP contribution in [0.25, 0.3) is 0 Å². The second-order valence-electron chi connectivity index (χ2n) is 3.02. The highest BCUT2D eigenvalue weighted by Gasteiger charge is 2.02. The monoisotopic (exact) mass is 191 g/mol. The molecule has 0 aliphatic rings. The molecule has 0 aromatic carbocycles. The molecule has 0 fully saturated rings. The molecule has 1 aromatic heterocycles. The molecule has 74 valence electrons. The minimum atomic E-state index is -0.334. The van der Waals surface area contributed by atoms with Crippen molar-refractivity contribution in [3.8, 4) is 0 Å². The molecule has 0 amide bonds. The van der Waals surface area contributed by atoms with Crippen LogP contribution in [0.3, 0.4) is 0 Å². The summed E-state index contributed by atoms with van der Waals surface area (Å²) in [5.41, 5.74) is 1.54. The van der Waals surface area contributed by atoms with Crippen molar-refractivity contribution in [2.24, 2.45) is 0 Å². The van der Waals surface area contributed by atoms with Crippen molar-refractivity contribution in [3.63, 3.8) is 0 Å². The van der Waals surface area contributed by atoms with Crippen LogP contribution in [0, 0.1) is 0 Å². The molecule has 14 heavy (non-hydrogen) atoms. The van der Waals surface area contributed by atoms with Crippen molar-refractivity contribution in [2.45, 2.75) is 13.3 Å². The molecule has 3 heteroatoms. The van der Waals surface area contributed by atoms with Crippen molar-refractivity contribution >= 4 is 5.97 Å². The second kappa shape index (κ2) is 5.17. The summed E-state index contributed by atoms with van der Waals surface area (Å²) in [5.74, 6) is -0.334. The minimum absolute atomic E-state index is 0.334. The predicted octanol–water partition coefficient (Wildman–Crippen LogP) is 1.74. The number of esters is 1. The summed E-state index contributed by atoms with van der Waals surface area (Å²) in [5, 5.41) is 0. The van der Waals surface area contributed by atoms with Gasteiger partial charge in [0.05, 0.1) is 6.61 Å². The van der Waals surface area contributed by atoms with Crippen LogP contribution in [0.5, 0.6) is 0 Å². The van der Waals surface area contributed by atoms with E-state index in [9.17, 15) is 4.79 Å². The lowest BCUT2D eigenvalue weighted by Gasteiger charge is -2.03. The molecule has 0 saturated heterocycles. The lowest BCUT2D eigenvalue weighted by molar-refractivity contribution is -0.138. The Morgan fingerprint density at radius 3 is 2.71 bits per heavy atom. The number of ether oxygens (including phenoxy) is 1. The highest BCUT2D eigenvalue weighted by atomic mass is 16.5. The Hall–Kier alpha value is -1.64. The van der Waals surface area contributed by atoms with E-state index in [0.717, 1.165) is 5.56 Å². The van der Waals surface area contributed by atoms with E-state index >= 15 is 0 Å². The van der Waals surface area contributed by atoms with Gasteiger partial charge in [-0.1, -0.05) is 6.58 Å². The van der Waals surface area contributed by atoms with Crippen LogP contribution in [-0.2, 0) is 16.0 Å². The van der Waals surface area contributed by atoms with Crippen molar-refractivity contribution in [2.75, 3.05) is 6.61 Å². The number of hydrogen-bond acceptors (Lipinski definition) is 3. The van der Waals surface area contributed by atoms with Crippen LogP contribution in [0.4, 0.5) is 0 Å². The Bertz CT molecular complexity index is 319. The van der Waals surface area contributed by atoms with Crippen LogP contribution in [0.2, 0.25) is 0 Å². The molecule has 1 aromatic rings. The van der Waals surface area contributed by atoms with E-state index in [0.29, 0.717) is 18.6 Å². The molecule has 0 bridgehead atoms. The molecule has 0 aliphatic carbocycles. The van der Waals surface area contributed by atoms with E-state index in [1.165, 1.54) is 0 Å². The third-order valence-corrected chi connectivity index (χ3v) is 1.72. The van der Waals surface area contributed by atoms with Gasteiger partial charge >= 0.3 is 5.97 Å². The van der Waals surface area contributed by atoms with Gasteiger partial charge in [0.1, 0.15) is 0 Å². The zero-order chi connectivity index (χ0) is 10.4. The fourth-order valence-corrected chi connectivity index (χ4v) is 0.934. The lowest BCUT2D eigenvalue weighted by atomic mass is 10.2. The topological polar surface area (TPSA) is 39.2 Å². The predicted molar refractivity (Wildman–Crippen MR) is 53.7 cm³/mol. The summed E-state index contributed by atoms with van der Waals surface area (Å²) in [6.45, 7) is 5.51. The smallest absolute Gasteiger partial charge is 0.333 e. The maximum absolute atomic E-state index is 11.0. The van der Waals surface area contributed by atoms with Gasteiger partial charge in [0.15, 0.2) is 0 Å². The fourth-order valence-electron chi connectivity index (χ4n) is 0.934. The molecule has 0 spiro atoms. The van der Waals surface area contributed by atoms with Crippen LogP contribution in [0.1, 0.15) is 12.5 Å². The number of pyridine rings is 1. The number of nitrogens with zero attached hydrogens (tertiary/aromatic N) is 1.